The Labute approximate surface area is 132 Å². The summed E-state index contributed by atoms with van der Waals surface area (Å²) < 4.78 is 1.49. The van der Waals surface area contributed by atoms with E-state index in [2.05, 4.69) is 48.8 Å². The molecular formula is C19H27NS. The van der Waals surface area contributed by atoms with Gasteiger partial charge in [0.15, 0.2) is 0 Å². The van der Waals surface area contributed by atoms with Gasteiger partial charge in [-0.3, -0.25) is 0 Å². The van der Waals surface area contributed by atoms with Gasteiger partial charge in [-0.15, -0.1) is 11.3 Å². The Balaban J connectivity index is 1.86. The van der Waals surface area contributed by atoms with Gasteiger partial charge in [0.2, 0.25) is 0 Å². The molecule has 2 aromatic rings. The molecule has 1 fully saturated rings. The highest BCUT2D eigenvalue weighted by Gasteiger charge is 2.28. The first-order valence-corrected chi connectivity index (χ1v) is 9.41. The van der Waals surface area contributed by atoms with Crippen LogP contribution in [0.5, 0.6) is 0 Å². The van der Waals surface area contributed by atoms with Gasteiger partial charge in [-0.2, -0.15) is 0 Å². The lowest BCUT2D eigenvalue weighted by Crippen LogP contribution is -2.31. The number of benzene rings is 1. The van der Waals surface area contributed by atoms with E-state index in [-0.39, 0.29) is 0 Å². The van der Waals surface area contributed by atoms with E-state index in [9.17, 15) is 0 Å². The molecule has 21 heavy (non-hydrogen) atoms. The zero-order valence-corrected chi connectivity index (χ0v) is 14.1. The van der Waals surface area contributed by atoms with Gasteiger partial charge in [0.05, 0.1) is 0 Å². The summed E-state index contributed by atoms with van der Waals surface area (Å²) in [6.07, 6.45) is 6.97. The molecular weight excluding hydrogens is 274 g/mol. The van der Waals surface area contributed by atoms with Crippen LogP contribution in [0.3, 0.4) is 0 Å². The lowest BCUT2D eigenvalue weighted by molar-refractivity contribution is 0.221. The van der Waals surface area contributed by atoms with E-state index in [0.29, 0.717) is 6.04 Å². The highest BCUT2D eigenvalue weighted by molar-refractivity contribution is 7.17. The summed E-state index contributed by atoms with van der Waals surface area (Å²) in [7, 11) is 0. The van der Waals surface area contributed by atoms with E-state index >= 15 is 0 Å². The quantitative estimate of drug-likeness (QED) is 0.739. The van der Waals surface area contributed by atoms with Gasteiger partial charge < -0.3 is 5.32 Å². The first-order valence-electron chi connectivity index (χ1n) is 8.53. The molecule has 0 amide bonds. The Morgan fingerprint density at radius 3 is 2.67 bits per heavy atom. The lowest BCUT2D eigenvalue weighted by Gasteiger charge is -2.34. The van der Waals surface area contributed by atoms with E-state index in [1.807, 2.05) is 11.3 Å². The van der Waals surface area contributed by atoms with E-state index in [0.717, 1.165) is 18.4 Å². The number of thiophene rings is 1. The lowest BCUT2D eigenvalue weighted by atomic mass is 9.76. The molecule has 3 rings (SSSR count). The number of fused-ring (bicyclic) bond motifs is 1. The van der Waals surface area contributed by atoms with E-state index < -0.39 is 0 Å². The van der Waals surface area contributed by atoms with Gasteiger partial charge >= 0.3 is 0 Å². The van der Waals surface area contributed by atoms with Crippen LogP contribution < -0.4 is 5.32 Å². The smallest absolute Gasteiger partial charge is 0.0390 e. The normalized spacial score (nSPS) is 24.3. The Hall–Kier alpha value is -0.860. The second-order valence-corrected chi connectivity index (χ2v) is 7.33. The minimum absolute atomic E-state index is 0.537. The number of hydrogen-bond donors (Lipinski definition) is 1. The van der Waals surface area contributed by atoms with Gasteiger partial charge in [-0.05, 0) is 53.6 Å². The monoisotopic (exact) mass is 301 g/mol. The summed E-state index contributed by atoms with van der Waals surface area (Å²) in [6, 6.07) is 9.60. The molecule has 0 bridgehead atoms. The average molecular weight is 301 g/mol. The summed E-state index contributed by atoms with van der Waals surface area (Å²) in [5.41, 5.74) is 1.53. The average Bonchev–Trinajstić information content (AvgIpc) is 3.01. The fraction of sp³-hybridized carbons (Fsp3) is 0.579. The van der Waals surface area contributed by atoms with Gasteiger partial charge in [0.25, 0.3) is 0 Å². The van der Waals surface area contributed by atoms with E-state index in [1.54, 1.807) is 0 Å². The maximum atomic E-state index is 3.79. The summed E-state index contributed by atoms with van der Waals surface area (Å²) in [4.78, 5) is 0. The van der Waals surface area contributed by atoms with Crippen molar-refractivity contribution < 1.29 is 0 Å². The highest BCUT2D eigenvalue weighted by atomic mass is 32.1. The van der Waals surface area contributed by atoms with Crippen LogP contribution in [0, 0.1) is 11.8 Å². The van der Waals surface area contributed by atoms with Crippen LogP contribution in [-0.4, -0.2) is 6.54 Å². The maximum Gasteiger partial charge on any atom is 0.0390 e. The predicted molar refractivity (Wildman–Crippen MR) is 94.0 cm³/mol. The van der Waals surface area contributed by atoms with Crippen molar-refractivity contribution >= 4 is 21.4 Å². The molecule has 1 atom stereocenters. The van der Waals surface area contributed by atoms with Crippen molar-refractivity contribution in [1.82, 2.24) is 5.32 Å². The molecule has 1 aliphatic carbocycles. The summed E-state index contributed by atoms with van der Waals surface area (Å²) in [5.74, 6) is 1.78. The minimum atomic E-state index is 0.537. The van der Waals surface area contributed by atoms with Crippen LogP contribution in [0.15, 0.2) is 29.6 Å². The molecule has 1 aromatic heterocycles. The molecule has 1 heterocycles. The van der Waals surface area contributed by atoms with Crippen molar-refractivity contribution in [2.24, 2.45) is 11.8 Å². The molecule has 1 aromatic carbocycles. The van der Waals surface area contributed by atoms with Crippen molar-refractivity contribution in [3.05, 3.63) is 35.2 Å². The fourth-order valence-corrected chi connectivity index (χ4v) is 4.90. The first kappa shape index (κ1) is 15.1. The van der Waals surface area contributed by atoms with Crippen LogP contribution in [-0.2, 0) is 0 Å². The molecule has 1 nitrogen and oxygen atoms in total. The largest absolute Gasteiger partial charge is 0.310 e. The summed E-state index contributed by atoms with van der Waals surface area (Å²) in [5, 5.41) is 7.42. The highest BCUT2D eigenvalue weighted by Crippen LogP contribution is 2.40. The van der Waals surface area contributed by atoms with Crippen LogP contribution in [0.4, 0.5) is 0 Å². The molecule has 1 saturated carbocycles. The molecule has 0 spiro atoms. The van der Waals surface area contributed by atoms with E-state index in [4.69, 9.17) is 0 Å². The van der Waals surface area contributed by atoms with Crippen LogP contribution in [0.25, 0.3) is 10.1 Å². The third-order valence-electron chi connectivity index (χ3n) is 5.21. The predicted octanol–water partition coefficient (Wildman–Crippen LogP) is 5.77. The van der Waals surface area contributed by atoms with Crippen LogP contribution in [0.2, 0.25) is 0 Å². The second kappa shape index (κ2) is 6.93. The molecule has 114 valence electrons. The molecule has 0 saturated heterocycles. The number of rotatable bonds is 5. The Kier molecular flexibility index (Phi) is 4.97. The van der Waals surface area contributed by atoms with Gasteiger partial charge in [0.1, 0.15) is 0 Å². The van der Waals surface area contributed by atoms with Gasteiger partial charge in [-0.25, -0.2) is 0 Å². The van der Waals surface area contributed by atoms with E-state index in [1.165, 1.54) is 47.8 Å². The Morgan fingerprint density at radius 1 is 1.14 bits per heavy atom. The zero-order valence-electron chi connectivity index (χ0n) is 13.3. The topological polar surface area (TPSA) is 12.0 Å². The van der Waals surface area contributed by atoms with Crippen LogP contribution >= 0.6 is 11.3 Å². The van der Waals surface area contributed by atoms with Crippen molar-refractivity contribution in [3.63, 3.8) is 0 Å². The number of nitrogens with one attached hydrogen (secondary N) is 1. The van der Waals surface area contributed by atoms with Gasteiger partial charge in [-0.1, -0.05) is 51.3 Å². The second-order valence-electron chi connectivity index (χ2n) is 6.41. The summed E-state index contributed by atoms with van der Waals surface area (Å²) >= 11 is 1.90. The Bertz CT molecular complexity index is 566. The molecule has 0 aliphatic heterocycles. The van der Waals surface area contributed by atoms with Crippen molar-refractivity contribution in [3.8, 4) is 0 Å². The molecule has 1 aliphatic rings. The van der Waals surface area contributed by atoms with Crippen molar-refractivity contribution in [1.29, 1.82) is 0 Å². The standard InChI is InChI=1S/C19H27NS/c1-3-14-8-10-15(11-9-14)18(20-4-2)17-7-5-6-16-12-13-21-19(16)17/h5-7,12-15,18,20H,3-4,8-11H2,1-2H3. The zero-order chi connectivity index (χ0) is 14.7. The molecule has 1 N–H and O–H groups in total. The molecule has 1 unspecified atom stereocenters. The summed E-state index contributed by atoms with van der Waals surface area (Å²) in [6.45, 7) is 5.64. The Morgan fingerprint density at radius 2 is 1.95 bits per heavy atom. The SMILES string of the molecule is CCNC(c1cccc2ccsc12)C1CCC(CC)CC1. The first-order chi connectivity index (χ1) is 10.3. The van der Waals surface area contributed by atoms with Crippen molar-refractivity contribution in [2.75, 3.05) is 6.54 Å². The number of hydrogen-bond acceptors (Lipinski definition) is 2. The third kappa shape index (κ3) is 3.17. The minimum Gasteiger partial charge on any atom is -0.310 e. The fourth-order valence-electron chi connectivity index (χ4n) is 3.94. The van der Waals surface area contributed by atoms with Crippen molar-refractivity contribution in [2.45, 2.75) is 52.0 Å². The molecule has 2 heteroatoms. The van der Waals surface area contributed by atoms with Gasteiger partial charge in [0, 0.05) is 10.7 Å². The maximum absolute atomic E-state index is 3.79. The third-order valence-corrected chi connectivity index (χ3v) is 6.19. The van der Waals surface area contributed by atoms with Crippen LogP contribution in [0.1, 0.15) is 57.6 Å². The molecule has 0 radical (unpaired) electrons.